The van der Waals surface area contributed by atoms with Crippen LogP contribution in [-0.4, -0.2) is 29.3 Å². The van der Waals surface area contributed by atoms with Gasteiger partial charge >= 0.3 is 6.18 Å². The summed E-state index contributed by atoms with van der Waals surface area (Å²) in [4.78, 5) is 23.2. The van der Waals surface area contributed by atoms with Gasteiger partial charge in [-0.1, -0.05) is 24.3 Å². The maximum atomic E-state index is 13.7. The molecule has 0 bridgehead atoms. The van der Waals surface area contributed by atoms with E-state index in [1.54, 1.807) is 37.3 Å². The molecule has 0 aromatic heterocycles. The van der Waals surface area contributed by atoms with Crippen molar-refractivity contribution in [3.05, 3.63) is 99.6 Å². The molecule has 0 radical (unpaired) electrons. The van der Waals surface area contributed by atoms with Gasteiger partial charge in [0.15, 0.2) is 17.2 Å². The molecular weight excluding hydrogens is 491 g/mol. The highest BCUT2D eigenvalue weighted by molar-refractivity contribution is 6.34. The molecule has 3 aromatic rings. The third kappa shape index (κ3) is 5.77. The summed E-state index contributed by atoms with van der Waals surface area (Å²) in [7, 11) is 0. The summed E-state index contributed by atoms with van der Waals surface area (Å²) in [6.45, 7) is 2.07. The first-order chi connectivity index (χ1) is 17.7. The zero-order valence-corrected chi connectivity index (χ0v) is 19.4. The van der Waals surface area contributed by atoms with E-state index in [0.717, 1.165) is 11.1 Å². The van der Waals surface area contributed by atoms with Gasteiger partial charge in [0.1, 0.15) is 6.61 Å². The fourth-order valence-corrected chi connectivity index (χ4v) is 3.54. The molecule has 0 fully saturated rings. The Labute approximate surface area is 209 Å². The fraction of sp³-hybridized carbons (Fsp3) is 0.154. The summed E-state index contributed by atoms with van der Waals surface area (Å²) in [6, 6.07) is 18.1. The lowest BCUT2D eigenvalue weighted by molar-refractivity contribution is -0.384. The van der Waals surface area contributed by atoms with Crippen molar-refractivity contribution in [1.29, 1.82) is 0 Å². The minimum absolute atomic E-state index is 0.0507. The van der Waals surface area contributed by atoms with E-state index in [0.29, 0.717) is 11.3 Å². The van der Waals surface area contributed by atoms with Gasteiger partial charge in [0.25, 0.3) is 11.6 Å². The molecule has 1 amide bonds. The van der Waals surface area contributed by atoms with Gasteiger partial charge in [0.05, 0.1) is 22.8 Å². The Hall–Kier alpha value is -4.67. The number of nitro benzene ring substituents is 1. The molecule has 190 valence electrons. The number of nitrogens with zero attached hydrogens (tertiary/aromatic N) is 3. The number of hydrogen-bond acceptors (Lipinski definition) is 6. The first kappa shape index (κ1) is 25.4. The van der Waals surface area contributed by atoms with Crippen LogP contribution in [0.15, 0.2) is 83.5 Å². The van der Waals surface area contributed by atoms with Gasteiger partial charge in [-0.25, -0.2) is 0 Å². The quantitative estimate of drug-likeness (QED) is 0.213. The zero-order chi connectivity index (χ0) is 26.6. The molecule has 0 saturated carbocycles. The number of ether oxygens (including phenoxy) is 2. The van der Waals surface area contributed by atoms with E-state index in [9.17, 15) is 28.1 Å². The van der Waals surface area contributed by atoms with E-state index in [2.05, 4.69) is 5.10 Å². The van der Waals surface area contributed by atoms with Crippen molar-refractivity contribution in [2.45, 2.75) is 19.7 Å². The predicted octanol–water partition coefficient (Wildman–Crippen LogP) is 5.92. The van der Waals surface area contributed by atoms with E-state index in [1.807, 2.05) is 0 Å². The van der Waals surface area contributed by atoms with Crippen LogP contribution >= 0.6 is 0 Å². The summed E-state index contributed by atoms with van der Waals surface area (Å²) in [5, 5.41) is 15.1. The number of anilines is 1. The lowest BCUT2D eigenvalue weighted by atomic mass is 10.1. The van der Waals surface area contributed by atoms with Crippen LogP contribution in [0.5, 0.6) is 11.5 Å². The standard InChI is InChI=1S/C26H20F3N3O5/c1-2-36-23-15-18(10-13-22(23)37-16-17-8-11-20(12-9-17)32(34)35)14-21-24(26(27,28)29)30-31(25(21)33)19-6-4-3-5-7-19/h3-15H,2,16H2,1H3/b21-14-. The average molecular weight is 511 g/mol. The number of hydrogen-bond donors (Lipinski definition) is 0. The maximum Gasteiger partial charge on any atom is 0.435 e. The largest absolute Gasteiger partial charge is 0.490 e. The summed E-state index contributed by atoms with van der Waals surface area (Å²) in [5.74, 6) is -0.333. The van der Waals surface area contributed by atoms with Crippen LogP contribution in [-0.2, 0) is 11.4 Å². The molecule has 0 saturated heterocycles. The molecule has 37 heavy (non-hydrogen) atoms. The highest BCUT2D eigenvalue weighted by Crippen LogP contribution is 2.35. The third-order valence-corrected chi connectivity index (χ3v) is 5.27. The van der Waals surface area contributed by atoms with Crippen molar-refractivity contribution in [1.82, 2.24) is 0 Å². The van der Waals surface area contributed by atoms with Crippen LogP contribution in [0, 0.1) is 10.1 Å². The normalized spacial score (nSPS) is 14.6. The number of rotatable bonds is 8. The molecule has 4 rings (SSSR count). The van der Waals surface area contributed by atoms with Gasteiger partial charge in [0, 0.05) is 12.1 Å². The number of para-hydroxylation sites is 1. The first-order valence-corrected chi connectivity index (χ1v) is 11.1. The van der Waals surface area contributed by atoms with Crippen molar-refractivity contribution in [2.24, 2.45) is 5.10 Å². The van der Waals surface area contributed by atoms with Crippen LogP contribution in [0.4, 0.5) is 24.5 Å². The molecule has 1 aliphatic rings. The Bertz CT molecular complexity index is 1370. The molecule has 1 aliphatic heterocycles. The number of alkyl halides is 3. The van der Waals surface area contributed by atoms with Crippen molar-refractivity contribution in [3.63, 3.8) is 0 Å². The van der Waals surface area contributed by atoms with Gasteiger partial charge in [-0.05, 0) is 60.5 Å². The number of hydrazone groups is 1. The predicted molar refractivity (Wildman–Crippen MR) is 130 cm³/mol. The molecule has 0 atom stereocenters. The second-order valence-corrected chi connectivity index (χ2v) is 7.81. The summed E-state index contributed by atoms with van der Waals surface area (Å²) in [6.07, 6.45) is -3.73. The van der Waals surface area contributed by atoms with Crippen LogP contribution in [0.1, 0.15) is 18.1 Å². The SMILES string of the molecule is CCOc1cc(/C=C2\C(=O)N(c3ccccc3)N=C2C(F)(F)F)ccc1OCc1ccc([N+](=O)[O-])cc1. The molecule has 0 aliphatic carbocycles. The van der Waals surface area contributed by atoms with Crippen molar-refractivity contribution in [2.75, 3.05) is 11.6 Å². The summed E-state index contributed by atoms with van der Waals surface area (Å²) < 4.78 is 52.6. The Morgan fingerprint density at radius 3 is 2.32 bits per heavy atom. The molecule has 3 aromatic carbocycles. The second-order valence-electron chi connectivity index (χ2n) is 7.81. The van der Waals surface area contributed by atoms with Gasteiger partial charge in [-0.15, -0.1) is 0 Å². The zero-order valence-electron chi connectivity index (χ0n) is 19.4. The Kier molecular flexibility index (Phi) is 7.23. The topological polar surface area (TPSA) is 94.3 Å². The lowest BCUT2D eigenvalue weighted by Gasteiger charge is -2.13. The minimum atomic E-state index is -4.85. The Morgan fingerprint density at radius 1 is 1.00 bits per heavy atom. The van der Waals surface area contributed by atoms with E-state index in [-0.39, 0.29) is 35.9 Å². The van der Waals surface area contributed by atoms with Gasteiger partial charge in [0.2, 0.25) is 0 Å². The summed E-state index contributed by atoms with van der Waals surface area (Å²) in [5.41, 5.74) is -0.784. The molecule has 0 unspecified atom stereocenters. The number of carbonyl (C=O) groups is 1. The molecular formula is C26H20F3N3O5. The lowest BCUT2D eigenvalue weighted by Crippen LogP contribution is -2.25. The van der Waals surface area contributed by atoms with Crippen molar-refractivity contribution < 1.29 is 32.4 Å². The van der Waals surface area contributed by atoms with Crippen LogP contribution in [0.25, 0.3) is 6.08 Å². The maximum absolute atomic E-state index is 13.7. The molecule has 0 spiro atoms. The molecule has 0 N–H and O–H groups in total. The van der Waals surface area contributed by atoms with Crippen molar-refractivity contribution >= 4 is 29.1 Å². The van der Waals surface area contributed by atoms with Crippen LogP contribution in [0.3, 0.4) is 0 Å². The van der Waals surface area contributed by atoms with Gasteiger partial charge in [-0.2, -0.15) is 23.3 Å². The Balaban J connectivity index is 1.61. The average Bonchev–Trinajstić information content (AvgIpc) is 3.21. The monoisotopic (exact) mass is 511 g/mol. The molecule has 1 heterocycles. The smallest absolute Gasteiger partial charge is 0.435 e. The fourth-order valence-electron chi connectivity index (χ4n) is 3.54. The van der Waals surface area contributed by atoms with Crippen LogP contribution < -0.4 is 14.5 Å². The van der Waals surface area contributed by atoms with Crippen LogP contribution in [0.2, 0.25) is 0 Å². The first-order valence-electron chi connectivity index (χ1n) is 11.1. The Morgan fingerprint density at radius 2 is 1.70 bits per heavy atom. The van der Waals surface area contributed by atoms with Gasteiger partial charge < -0.3 is 9.47 Å². The number of carbonyl (C=O) groups excluding carboxylic acids is 1. The van der Waals surface area contributed by atoms with E-state index in [4.69, 9.17) is 9.47 Å². The second kappa shape index (κ2) is 10.5. The van der Waals surface area contributed by atoms with E-state index < -0.39 is 28.3 Å². The number of non-ortho nitro benzene ring substituents is 1. The van der Waals surface area contributed by atoms with Crippen molar-refractivity contribution in [3.8, 4) is 11.5 Å². The van der Waals surface area contributed by atoms with E-state index in [1.165, 1.54) is 42.5 Å². The molecule has 8 nitrogen and oxygen atoms in total. The highest BCUT2D eigenvalue weighted by Gasteiger charge is 2.46. The highest BCUT2D eigenvalue weighted by atomic mass is 19.4. The number of nitro groups is 1. The minimum Gasteiger partial charge on any atom is -0.490 e. The summed E-state index contributed by atoms with van der Waals surface area (Å²) >= 11 is 0. The molecule has 11 heteroatoms. The number of halogens is 3. The number of benzene rings is 3. The van der Waals surface area contributed by atoms with E-state index >= 15 is 0 Å². The number of amides is 1. The third-order valence-electron chi connectivity index (χ3n) is 5.27. The van der Waals surface area contributed by atoms with Gasteiger partial charge in [-0.3, -0.25) is 14.9 Å².